The zero-order valence-electron chi connectivity index (χ0n) is 10.7. The van der Waals surface area contributed by atoms with Crippen molar-refractivity contribution in [3.05, 3.63) is 0 Å². The molecule has 0 aliphatic carbocycles. The lowest BCUT2D eigenvalue weighted by atomic mass is 9.97. The van der Waals surface area contributed by atoms with Gasteiger partial charge in [-0.25, -0.2) is 0 Å². The molecule has 1 heterocycles. The molecule has 1 saturated heterocycles. The van der Waals surface area contributed by atoms with Gasteiger partial charge in [0.1, 0.15) is 0 Å². The van der Waals surface area contributed by atoms with Crippen molar-refractivity contribution in [1.82, 2.24) is 0 Å². The topological polar surface area (TPSA) is 12.5 Å². The number of hydrogen-bond donors (Lipinski definition) is 0. The summed E-state index contributed by atoms with van der Waals surface area (Å²) in [5.41, 5.74) is 0.345. The molecule has 1 aliphatic rings. The summed E-state index contributed by atoms with van der Waals surface area (Å²) in [5.74, 6) is 0. The summed E-state index contributed by atoms with van der Waals surface area (Å²) in [6, 6.07) is 0. The molecule has 0 N–H and O–H groups in total. The molecule has 1 unspecified atom stereocenters. The van der Waals surface area contributed by atoms with Crippen molar-refractivity contribution >= 4 is 0 Å². The predicted octanol–water partition coefficient (Wildman–Crippen LogP) is 4.70. The molecule has 1 nitrogen and oxygen atoms in total. The van der Waals surface area contributed by atoms with E-state index in [1.165, 1.54) is 64.2 Å². The molecule has 15 heavy (non-hydrogen) atoms. The first-order valence-corrected chi connectivity index (χ1v) is 6.97. The molecule has 1 aliphatic heterocycles. The largest absolute Gasteiger partial charge is 0.370 e. The minimum Gasteiger partial charge on any atom is -0.370 e. The third kappa shape index (κ3) is 5.55. The van der Waals surface area contributed by atoms with E-state index in [0.29, 0.717) is 5.60 Å². The maximum atomic E-state index is 5.58. The lowest BCUT2D eigenvalue weighted by Crippen LogP contribution is -2.09. The van der Waals surface area contributed by atoms with Crippen LogP contribution in [0.2, 0.25) is 0 Å². The van der Waals surface area contributed by atoms with Gasteiger partial charge in [-0.05, 0) is 12.8 Å². The van der Waals surface area contributed by atoms with E-state index in [1.807, 2.05) is 0 Å². The Morgan fingerprint density at radius 3 is 1.93 bits per heavy atom. The Morgan fingerprint density at radius 2 is 1.40 bits per heavy atom. The van der Waals surface area contributed by atoms with E-state index in [4.69, 9.17) is 4.74 Å². The van der Waals surface area contributed by atoms with Crippen LogP contribution in [0.3, 0.4) is 0 Å². The van der Waals surface area contributed by atoms with E-state index in [9.17, 15) is 0 Å². The highest BCUT2D eigenvalue weighted by Gasteiger charge is 2.42. The van der Waals surface area contributed by atoms with E-state index in [1.54, 1.807) is 0 Å². The van der Waals surface area contributed by atoms with Gasteiger partial charge in [0.2, 0.25) is 0 Å². The Balaban J connectivity index is 1.84. The van der Waals surface area contributed by atoms with Crippen LogP contribution in [0.1, 0.15) is 78.1 Å². The lowest BCUT2D eigenvalue weighted by molar-refractivity contribution is 0.265. The second-order valence-electron chi connectivity index (χ2n) is 5.09. The van der Waals surface area contributed by atoms with Crippen molar-refractivity contribution in [2.24, 2.45) is 0 Å². The number of hydrogen-bond acceptors (Lipinski definition) is 1. The van der Waals surface area contributed by atoms with Gasteiger partial charge < -0.3 is 4.74 Å². The van der Waals surface area contributed by atoms with E-state index in [-0.39, 0.29) is 0 Å². The van der Waals surface area contributed by atoms with Gasteiger partial charge in [-0.15, -0.1) is 0 Å². The second kappa shape index (κ2) is 7.27. The first kappa shape index (κ1) is 13.0. The van der Waals surface area contributed by atoms with Gasteiger partial charge in [0, 0.05) is 0 Å². The monoisotopic (exact) mass is 212 g/mol. The van der Waals surface area contributed by atoms with Crippen molar-refractivity contribution < 1.29 is 4.74 Å². The predicted molar refractivity (Wildman–Crippen MR) is 66.2 cm³/mol. The smallest absolute Gasteiger partial charge is 0.0916 e. The molecule has 90 valence electrons. The highest BCUT2D eigenvalue weighted by Crippen LogP contribution is 2.37. The first-order chi connectivity index (χ1) is 7.33. The molecule has 0 aromatic heterocycles. The summed E-state index contributed by atoms with van der Waals surface area (Å²) in [4.78, 5) is 0. The zero-order valence-corrected chi connectivity index (χ0v) is 10.7. The summed E-state index contributed by atoms with van der Waals surface area (Å²) >= 11 is 0. The fraction of sp³-hybridized carbons (Fsp3) is 1.00. The van der Waals surface area contributed by atoms with Gasteiger partial charge in [-0.1, -0.05) is 65.2 Å². The van der Waals surface area contributed by atoms with Crippen LogP contribution in [0.4, 0.5) is 0 Å². The SMILES string of the molecule is CCCCCCCCCC1(CCC)CO1. The Morgan fingerprint density at radius 1 is 0.800 bits per heavy atom. The molecular weight excluding hydrogens is 184 g/mol. The minimum atomic E-state index is 0.345. The summed E-state index contributed by atoms with van der Waals surface area (Å²) in [7, 11) is 0. The van der Waals surface area contributed by atoms with Crippen LogP contribution < -0.4 is 0 Å². The van der Waals surface area contributed by atoms with Crippen molar-refractivity contribution in [3.8, 4) is 0 Å². The van der Waals surface area contributed by atoms with E-state index < -0.39 is 0 Å². The Kier molecular flexibility index (Phi) is 6.31. The summed E-state index contributed by atoms with van der Waals surface area (Å²) in [6.45, 7) is 5.57. The molecule has 0 aromatic carbocycles. The molecule has 0 radical (unpaired) electrons. The van der Waals surface area contributed by atoms with Crippen LogP contribution in [0, 0.1) is 0 Å². The van der Waals surface area contributed by atoms with Crippen LogP contribution in [0.15, 0.2) is 0 Å². The fourth-order valence-corrected chi connectivity index (χ4v) is 2.38. The molecule has 0 spiro atoms. The minimum absolute atomic E-state index is 0.345. The van der Waals surface area contributed by atoms with Gasteiger partial charge in [0.15, 0.2) is 0 Å². The van der Waals surface area contributed by atoms with Gasteiger partial charge in [-0.2, -0.15) is 0 Å². The standard InChI is InChI=1S/C14H28O/c1-3-5-6-7-8-9-10-12-14(11-4-2)13-15-14/h3-13H2,1-2H3. The maximum Gasteiger partial charge on any atom is 0.0916 e. The Bertz CT molecular complexity index is 149. The highest BCUT2D eigenvalue weighted by atomic mass is 16.6. The van der Waals surface area contributed by atoms with Crippen molar-refractivity contribution in [2.45, 2.75) is 83.7 Å². The average Bonchev–Trinajstić information content (AvgIpc) is 2.98. The average molecular weight is 212 g/mol. The summed E-state index contributed by atoms with van der Waals surface area (Å²) < 4.78 is 5.58. The van der Waals surface area contributed by atoms with Gasteiger partial charge in [0.25, 0.3) is 0 Å². The second-order valence-corrected chi connectivity index (χ2v) is 5.09. The first-order valence-electron chi connectivity index (χ1n) is 6.97. The Labute approximate surface area is 95.6 Å². The van der Waals surface area contributed by atoms with Gasteiger partial charge in [0.05, 0.1) is 12.2 Å². The normalized spacial score (nSPS) is 24.4. The maximum absolute atomic E-state index is 5.58. The molecule has 0 amide bonds. The number of rotatable bonds is 10. The Hall–Kier alpha value is -0.0400. The van der Waals surface area contributed by atoms with Crippen molar-refractivity contribution in [2.75, 3.05) is 6.61 Å². The lowest BCUT2D eigenvalue weighted by Gasteiger charge is -2.09. The molecule has 0 aromatic rings. The van der Waals surface area contributed by atoms with Crippen molar-refractivity contribution in [1.29, 1.82) is 0 Å². The molecule has 1 fully saturated rings. The van der Waals surface area contributed by atoms with E-state index in [2.05, 4.69) is 13.8 Å². The number of epoxide rings is 1. The number of unbranched alkanes of at least 4 members (excludes halogenated alkanes) is 6. The van der Waals surface area contributed by atoms with Crippen LogP contribution in [0.25, 0.3) is 0 Å². The van der Waals surface area contributed by atoms with Crippen molar-refractivity contribution in [3.63, 3.8) is 0 Å². The zero-order chi connectivity index (χ0) is 11.0. The third-order valence-corrected chi connectivity index (χ3v) is 3.49. The molecule has 1 rings (SSSR count). The molecular formula is C14H28O. The molecule has 0 saturated carbocycles. The third-order valence-electron chi connectivity index (χ3n) is 3.49. The summed E-state index contributed by atoms with van der Waals surface area (Å²) in [6.07, 6.45) is 13.7. The van der Waals surface area contributed by atoms with Gasteiger partial charge >= 0.3 is 0 Å². The van der Waals surface area contributed by atoms with E-state index >= 15 is 0 Å². The van der Waals surface area contributed by atoms with Crippen LogP contribution in [-0.2, 0) is 4.74 Å². The van der Waals surface area contributed by atoms with E-state index in [0.717, 1.165) is 6.61 Å². The summed E-state index contributed by atoms with van der Waals surface area (Å²) in [5, 5.41) is 0. The van der Waals surface area contributed by atoms with Crippen LogP contribution >= 0.6 is 0 Å². The van der Waals surface area contributed by atoms with Crippen LogP contribution in [0.5, 0.6) is 0 Å². The quantitative estimate of drug-likeness (QED) is 0.378. The fourth-order valence-electron chi connectivity index (χ4n) is 2.38. The highest BCUT2D eigenvalue weighted by molar-refractivity contribution is 4.91. The van der Waals surface area contributed by atoms with Crippen LogP contribution in [-0.4, -0.2) is 12.2 Å². The number of ether oxygens (including phenoxy) is 1. The molecule has 1 heteroatoms. The molecule has 1 atom stereocenters. The van der Waals surface area contributed by atoms with Gasteiger partial charge in [-0.3, -0.25) is 0 Å². The molecule has 0 bridgehead atoms.